The summed E-state index contributed by atoms with van der Waals surface area (Å²) >= 11 is 0. The zero-order valence-electron chi connectivity index (χ0n) is 19.0. The Labute approximate surface area is 190 Å². The summed E-state index contributed by atoms with van der Waals surface area (Å²) in [6, 6.07) is 13.4. The fourth-order valence-corrected chi connectivity index (χ4v) is 4.29. The first-order valence-electron chi connectivity index (χ1n) is 11.3. The van der Waals surface area contributed by atoms with Gasteiger partial charge in [-0.1, -0.05) is 24.3 Å². The number of nitrogens with zero attached hydrogens (tertiary/aromatic N) is 1. The molecule has 32 heavy (non-hydrogen) atoms. The number of nitrogens with two attached hydrogens (primary N) is 1. The number of aliphatic hydroxyl groups excluding tert-OH is 1. The highest BCUT2D eigenvalue weighted by molar-refractivity contribution is 5.94. The van der Waals surface area contributed by atoms with Crippen molar-refractivity contribution in [2.45, 2.75) is 25.4 Å². The zero-order chi connectivity index (χ0) is 22.9. The van der Waals surface area contributed by atoms with Crippen molar-refractivity contribution in [1.29, 1.82) is 0 Å². The number of carbonyl (C=O) groups excluding carboxylic acids is 1. The number of hydrogen-bond donors (Lipinski definition) is 3. The molecular weight excluding hydrogens is 406 g/mol. The minimum atomic E-state index is -0.569. The van der Waals surface area contributed by atoms with Gasteiger partial charge in [-0.3, -0.25) is 4.79 Å². The number of piperidine rings is 1. The number of carbonyl (C=O) groups is 1. The van der Waals surface area contributed by atoms with E-state index < -0.39 is 6.10 Å². The Bertz CT molecular complexity index is 864. The van der Waals surface area contributed by atoms with Crippen LogP contribution in [0.5, 0.6) is 11.5 Å². The van der Waals surface area contributed by atoms with Gasteiger partial charge >= 0.3 is 0 Å². The summed E-state index contributed by atoms with van der Waals surface area (Å²) in [5.41, 5.74) is 8.09. The molecule has 1 atom stereocenters. The van der Waals surface area contributed by atoms with E-state index in [1.807, 2.05) is 42.5 Å². The number of methoxy groups -OCH3 is 2. The second kappa shape index (κ2) is 11.9. The number of hydrogen-bond acceptors (Lipinski definition) is 6. The molecule has 1 aliphatic rings. The highest BCUT2D eigenvalue weighted by Crippen LogP contribution is 2.39. The van der Waals surface area contributed by atoms with Gasteiger partial charge in [-0.2, -0.15) is 0 Å². The number of benzene rings is 2. The van der Waals surface area contributed by atoms with Crippen molar-refractivity contribution in [3.8, 4) is 11.5 Å². The monoisotopic (exact) mass is 441 g/mol. The third-order valence-corrected chi connectivity index (χ3v) is 6.19. The van der Waals surface area contributed by atoms with Gasteiger partial charge in [-0.25, -0.2) is 0 Å². The molecule has 7 heteroatoms. The quantitative estimate of drug-likeness (QED) is 0.524. The molecule has 2 aromatic rings. The molecule has 0 radical (unpaired) electrons. The minimum absolute atomic E-state index is 0.0877. The van der Waals surface area contributed by atoms with Crippen molar-refractivity contribution in [2.75, 3.05) is 46.9 Å². The van der Waals surface area contributed by atoms with Gasteiger partial charge in [0.05, 0.1) is 20.3 Å². The normalized spacial score (nSPS) is 15.9. The van der Waals surface area contributed by atoms with Crippen LogP contribution in [0.15, 0.2) is 42.5 Å². The van der Waals surface area contributed by atoms with Gasteiger partial charge in [0, 0.05) is 30.8 Å². The maximum absolute atomic E-state index is 12.0. The molecular formula is C25H35N3O4. The Hall–Kier alpha value is -2.61. The molecule has 0 bridgehead atoms. The average Bonchev–Trinajstić information content (AvgIpc) is 2.85. The lowest BCUT2D eigenvalue weighted by Crippen LogP contribution is -2.37. The Kier molecular flexibility index (Phi) is 8.90. The molecule has 4 N–H and O–H groups in total. The Balaban J connectivity index is 1.49. The van der Waals surface area contributed by atoms with E-state index in [-0.39, 0.29) is 11.8 Å². The first kappa shape index (κ1) is 24.0. The predicted octanol–water partition coefficient (Wildman–Crippen LogP) is 2.38. The fraction of sp³-hybridized carbons (Fsp3) is 0.480. The van der Waals surface area contributed by atoms with Crippen LogP contribution in [0.2, 0.25) is 0 Å². The van der Waals surface area contributed by atoms with Crippen LogP contribution < -0.4 is 20.5 Å². The number of rotatable bonds is 10. The maximum atomic E-state index is 12.0. The van der Waals surface area contributed by atoms with Crippen LogP contribution in [0.25, 0.3) is 0 Å². The summed E-state index contributed by atoms with van der Waals surface area (Å²) < 4.78 is 10.9. The molecule has 0 aliphatic carbocycles. The van der Waals surface area contributed by atoms with Crippen LogP contribution in [-0.4, -0.2) is 62.9 Å². The molecule has 1 amide bonds. The summed E-state index contributed by atoms with van der Waals surface area (Å²) in [5, 5.41) is 13.8. The van der Waals surface area contributed by atoms with Crippen LogP contribution in [-0.2, 0) is 6.42 Å². The van der Waals surface area contributed by atoms with Gasteiger partial charge in [-0.15, -0.1) is 0 Å². The highest BCUT2D eigenvalue weighted by Gasteiger charge is 2.29. The lowest BCUT2D eigenvalue weighted by atomic mass is 9.87. The topological polar surface area (TPSA) is 97.1 Å². The Morgan fingerprint density at radius 2 is 1.88 bits per heavy atom. The number of ether oxygens (including phenoxy) is 2. The standard InChI is InChI=1S/C25H35N3O4/c1-31-22-5-3-4-21(24(22)32-2)23(29)19-11-16-28(17-12-19)15-10-18-6-8-20(9-7-18)25(30)27-14-13-26/h3-9,19,23,29H,10-17,26H2,1-2H3,(H,27,30)/t23-/m1/s1. The van der Waals surface area contributed by atoms with Gasteiger partial charge in [0.25, 0.3) is 5.91 Å². The van der Waals surface area contributed by atoms with Crippen LogP contribution in [0.4, 0.5) is 0 Å². The minimum Gasteiger partial charge on any atom is -0.493 e. The van der Waals surface area contributed by atoms with Crippen LogP contribution in [0.3, 0.4) is 0 Å². The fourth-order valence-electron chi connectivity index (χ4n) is 4.29. The van der Waals surface area contributed by atoms with Gasteiger partial charge in [-0.05, 0) is 62.0 Å². The predicted molar refractivity (Wildman–Crippen MR) is 125 cm³/mol. The van der Waals surface area contributed by atoms with E-state index in [0.29, 0.717) is 30.2 Å². The van der Waals surface area contributed by atoms with Crippen molar-refractivity contribution in [1.82, 2.24) is 10.2 Å². The molecule has 1 fully saturated rings. The highest BCUT2D eigenvalue weighted by atomic mass is 16.5. The molecule has 1 saturated heterocycles. The summed E-state index contributed by atoms with van der Waals surface area (Å²) in [7, 11) is 3.21. The Morgan fingerprint density at radius 3 is 2.50 bits per heavy atom. The molecule has 1 heterocycles. The van der Waals surface area contributed by atoms with E-state index in [1.54, 1.807) is 14.2 Å². The molecule has 0 saturated carbocycles. The molecule has 0 unspecified atom stereocenters. The van der Waals surface area contributed by atoms with E-state index in [9.17, 15) is 9.90 Å². The smallest absolute Gasteiger partial charge is 0.251 e. The van der Waals surface area contributed by atoms with E-state index in [4.69, 9.17) is 15.2 Å². The molecule has 0 aromatic heterocycles. The number of amides is 1. The average molecular weight is 442 g/mol. The van der Waals surface area contributed by atoms with E-state index in [1.165, 1.54) is 5.56 Å². The summed E-state index contributed by atoms with van der Waals surface area (Å²) in [6.07, 6.45) is 2.23. The molecule has 7 nitrogen and oxygen atoms in total. The van der Waals surface area contributed by atoms with Crippen molar-refractivity contribution in [3.63, 3.8) is 0 Å². The summed E-state index contributed by atoms with van der Waals surface area (Å²) in [4.78, 5) is 14.4. The van der Waals surface area contributed by atoms with E-state index >= 15 is 0 Å². The van der Waals surface area contributed by atoms with E-state index in [2.05, 4.69) is 10.2 Å². The van der Waals surface area contributed by atoms with Gasteiger partial charge in [0.15, 0.2) is 11.5 Å². The van der Waals surface area contributed by atoms with Crippen molar-refractivity contribution in [3.05, 3.63) is 59.2 Å². The number of likely N-dealkylation sites (tertiary alicyclic amines) is 1. The van der Waals surface area contributed by atoms with Crippen LogP contribution >= 0.6 is 0 Å². The SMILES string of the molecule is COc1cccc([C@H](O)C2CCN(CCc3ccc(C(=O)NCCN)cc3)CC2)c1OC. The first-order chi connectivity index (χ1) is 15.6. The third-order valence-electron chi connectivity index (χ3n) is 6.19. The lowest BCUT2D eigenvalue weighted by Gasteiger charge is -2.34. The van der Waals surface area contributed by atoms with Crippen molar-refractivity contribution >= 4 is 5.91 Å². The van der Waals surface area contributed by atoms with Crippen LogP contribution in [0, 0.1) is 5.92 Å². The molecule has 2 aromatic carbocycles. The number of aliphatic hydroxyl groups is 1. The summed E-state index contributed by atoms with van der Waals surface area (Å²) in [6.45, 7) is 3.78. The second-order valence-electron chi connectivity index (χ2n) is 8.20. The molecule has 0 spiro atoms. The maximum Gasteiger partial charge on any atom is 0.251 e. The third kappa shape index (κ3) is 6.00. The zero-order valence-corrected chi connectivity index (χ0v) is 19.0. The second-order valence-corrected chi connectivity index (χ2v) is 8.20. The molecule has 174 valence electrons. The number of para-hydroxylation sites is 1. The van der Waals surface area contributed by atoms with Crippen molar-refractivity contribution < 1.29 is 19.4 Å². The number of nitrogens with one attached hydrogen (secondary N) is 1. The van der Waals surface area contributed by atoms with Gasteiger partial charge in [0.2, 0.25) is 0 Å². The van der Waals surface area contributed by atoms with Crippen molar-refractivity contribution in [2.24, 2.45) is 11.7 Å². The Morgan fingerprint density at radius 1 is 1.16 bits per heavy atom. The van der Waals surface area contributed by atoms with Crippen LogP contribution in [0.1, 0.15) is 40.4 Å². The first-order valence-corrected chi connectivity index (χ1v) is 11.3. The summed E-state index contributed by atoms with van der Waals surface area (Å²) in [5.74, 6) is 1.36. The lowest BCUT2D eigenvalue weighted by molar-refractivity contribution is 0.0572. The van der Waals surface area contributed by atoms with Gasteiger partial charge < -0.3 is 30.5 Å². The molecule has 1 aliphatic heterocycles. The van der Waals surface area contributed by atoms with E-state index in [0.717, 1.165) is 44.5 Å². The van der Waals surface area contributed by atoms with Gasteiger partial charge in [0.1, 0.15) is 0 Å². The largest absolute Gasteiger partial charge is 0.493 e. The molecule has 3 rings (SSSR count).